The molecule has 0 aliphatic heterocycles. The Labute approximate surface area is 169 Å². The molecule has 0 saturated carbocycles. The maximum absolute atomic E-state index is 12.5. The third-order valence-corrected chi connectivity index (χ3v) is 5.20. The molecule has 0 radical (unpaired) electrons. The average molecular weight is 457 g/mol. The molecule has 0 fully saturated rings. The average Bonchev–Trinajstić information content (AvgIpc) is 3.11. The van der Waals surface area contributed by atoms with Gasteiger partial charge >= 0.3 is 0 Å². The van der Waals surface area contributed by atoms with Crippen molar-refractivity contribution >= 4 is 50.9 Å². The fourth-order valence-electron chi connectivity index (χ4n) is 2.36. The van der Waals surface area contributed by atoms with Gasteiger partial charge in [0, 0.05) is 17.4 Å². The van der Waals surface area contributed by atoms with Gasteiger partial charge in [-0.25, -0.2) is 0 Å². The molecule has 0 spiro atoms. The summed E-state index contributed by atoms with van der Waals surface area (Å²) in [6.45, 7) is 4.03. The summed E-state index contributed by atoms with van der Waals surface area (Å²) >= 11 is 15.6. The number of aromatic nitrogens is 4. The third kappa shape index (κ3) is 4.11. The molecular formula is C17H16BrCl2N5O. The van der Waals surface area contributed by atoms with Gasteiger partial charge in [-0.3, -0.25) is 14.2 Å². The van der Waals surface area contributed by atoms with Gasteiger partial charge in [-0.2, -0.15) is 10.2 Å². The highest BCUT2D eigenvalue weighted by Crippen LogP contribution is 2.24. The van der Waals surface area contributed by atoms with Crippen LogP contribution in [-0.4, -0.2) is 25.5 Å². The molecule has 1 aromatic carbocycles. The number of carbonyl (C=O) groups is 1. The van der Waals surface area contributed by atoms with Gasteiger partial charge in [0.1, 0.15) is 6.04 Å². The Bertz CT molecular complexity index is 933. The fourth-order valence-corrected chi connectivity index (χ4v) is 3.11. The lowest BCUT2D eigenvalue weighted by molar-refractivity contribution is -0.119. The van der Waals surface area contributed by atoms with Crippen molar-refractivity contribution in [2.75, 3.05) is 5.32 Å². The molecule has 1 amide bonds. The Morgan fingerprint density at radius 3 is 2.62 bits per heavy atom. The standard InChI is InChI=1S/C17H16BrCl2N5O/c1-10-15(20)9-25(22-10)11(2)17(26)21-16-13(18)8-24(23-16)7-12-5-3-4-6-14(12)19/h3-6,8-9,11H,7H2,1-2H3,(H,21,23,26). The lowest BCUT2D eigenvalue weighted by atomic mass is 10.2. The lowest BCUT2D eigenvalue weighted by Gasteiger charge is -2.11. The topological polar surface area (TPSA) is 64.7 Å². The summed E-state index contributed by atoms with van der Waals surface area (Å²) in [6.07, 6.45) is 3.42. The van der Waals surface area contributed by atoms with Crippen molar-refractivity contribution in [2.24, 2.45) is 0 Å². The molecule has 6 nitrogen and oxygen atoms in total. The molecule has 26 heavy (non-hydrogen) atoms. The second-order valence-electron chi connectivity index (χ2n) is 5.82. The largest absolute Gasteiger partial charge is 0.306 e. The molecule has 2 aromatic heterocycles. The number of hydrogen-bond donors (Lipinski definition) is 1. The Balaban J connectivity index is 1.73. The minimum atomic E-state index is -0.526. The van der Waals surface area contributed by atoms with Gasteiger partial charge in [0.05, 0.1) is 21.7 Å². The first-order chi connectivity index (χ1) is 12.3. The monoisotopic (exact) mass is 455 g/mol. The van der Waals surface area contributed by atoms with Crippen molar-refractivity contribution in [1.29, 1.82) is 0 Å². The first kappa shape index (κ1) is 18.9. The van der Waals surface area contributed by atoms with Crippen molar-refractivity contribution in [3.05, 3.63) is 62.4 Å². The quantitative estimate of drug-likeness (QED) is 0.604. The predicted molar refractivity (Wildman–Crippen MR) is 106 cm³/mol. The van der Waals surface area contributed by atoms with E-state index < -0.39 is 6.04 Å². The summed E-state index contributed by atoms with van der Waals surface area (Å²) in [5, 5.41) is 12.6. The molecule has 1 N–H and O–H groups in total. The first-order valence-electron chi connectivity index (χ1n) is 7.83. The van der Waals surface area contributed by atoms with Crippen LogP contribution in [0.1, 0.15) is 24.2 Å². The zero-order valence-electron chi connectivity index (χ0n) is 14.1. The van der Waals surface area contributed by atoms with Crippen molar-refractivity contribution in [1.82, 2.24) is 19.6 Å². The van der Waals surface area contributed by atoms with E-state index in [2.05, 4.69) is 31.4 Å². The molecule has 0 aliphatic carbocycles. The van der Waals surface area contributed by atoms with Crippen LogP contribution in [0.5, 0.6) is 0 Å². The van der Waals surface area contributed by atoms with Gasteiger partial charge in [0.15, 0.2) is 5.82 Å². The SMILES string of the molecule is Cc1nn(C(C)C(=O)Nc2nn(Cc3ccccc3Cl)cc2Br)cc1Cl. The van der Waals surface area contributed by atoms with E-state index in [1.807, 2.05) is 24.3 Å². The lowest BCUT2D eigenvalue weighted by Crippen LogP contribution is -2.24. The normalized spacial score (nSPS) is 12.2. The van der Waals surface area contributed by atoms with Gasteiger partial charge < -0.3 is 5.32 Å². The number of rotatable bonds is 5. The van der Waals surface area contributed by atoms with Gasteiger partial charge in [0.2, 0.25) is 5.91 Å². The van der Waals surface area contributed by atoms with Gasteiger partial charge in [-0.05, 0) is 41.4 Å². The van der Waals surface area contributed by atoms with E-state index in [9.17, 15) is 4.79 Å². The van der Waals surface area contributed by atoms with Crippen LogP contribution < -0.4 is 5.32 Å². The highest BCUT2D eigenvalue weighted by Gasteiger charge is 2.19. The summed E-state index contributed by atoms with van der Waals surface area (Å²) < 4.78 is 3.92. The van der Waals surface area contributed by atoms with Crippen molar-refractivity contribution in [2.45, 2.75) is 26.4 Å². The molecule has 0 saturated heterocycles. The molecule has 1 unspecified atom stereocenters. The first-order valence-corrected chi connectivity index (χ1v) is 9.38. The number of carbonyl (C=O) groups excluding carboxylic acids is 1. The number of anilines is 1. The summed E-state index contributed by atoms with van der Waals surface area (Å²) in [4.78, 5) is 12.5. The smallest absolute Gasteiger partial charge is 0.250 e. The van der Waals surface area contributed by atoms with Crippen LogP contribution in [-0.2, 0) is 11.3 Å². The Morgan fingerprint density at radius 2 is 1.96 bits per heavy atom. The molecule has 9 heteroatoms. The molecule has 0 bridgehead atoms. The maximum atomic E-state index is 12.5. The van der Waals surface area contributed by atoms with Crippen molar-refractivity contribution in [3.63, 3.8) is 0 Å². The predicted octanol–water partition coefficient (Wildman–Crippen LogP) is 4.71. The van der Waals surface area contributed by atoms with E-state index in [1.165, 1.54) is 4.68 Å². The van der Waals surface area contributed by atoms with Gasteiger partial charge in [-0.15, -0.1) is 0 Å². The van der Waals surface area contributed by atoms with E-state index in [0.717, 1.165) is 5.56 Å². The molecular weight excluding hydrogens is 441 g/mol. The van der Waals surface area contributed by atoms with Crippen LogP contribution in [0.2, 0.25) is 10.0 Å². The van der Waals surface area contributed by atoms with E-state index in [1.54, 1.807) is 30.9 Å². The highest BCUT2D eigenvalue weighted by molar-refractivity contribution is 9.10. The van der Waals surface area contributed by atoms with E-state index in [-0.39, 0.29) is 5.91 Å². The second-order valence-corrected chi connectivity index (χ2v) is 7.49. The fraction of sp³-hybridized carbons (Fsp3) is 0.235. The van der Waals surface area contributed by atoms with E-state index >= 15 is 0 Å². The zero-order valence-corrected chi connectivity index (χ0v) is 17.2. The van der Waals surface area contributed by atoms with Crippen LogP contribution in [0, 0.1) is 6.92 Å². The van der Waals surface area contributed by atoms with Crippen LogP contribution in [0.3, 0.4) is 0 Å². The second kappa shape index (κ2) is 7.82. The maximum Gasteiger partial charge on any atom is 0.250 e. The van der Waals surface area contributed by atoms with Crippen LogP contribution in [0.25, 0.3) is 0 Å². The molecule has 3 aromatic rings. The minimum absolute atomic E-state index is 0.243. The number of aryl methyl sites for hydroxylation is 1. The van der Waals surface area contributed by atoms with Crippen LogP contribution in [0.4, 0.5) is 5.82 Å². The van der Waals surface area contributed by atoms with Gasteiger partial charge in [-0.1, -0.05) is 41.4 Å². The summed E-state index contributed by atoms with van der Waals surface area (Å²) in [7, 11) is 0. The van der Waals surface area contributed by atoms with E-state index in [4.69, 9.17) is 23.2 Å². The minimum Gasteiger partial charge on any atom is -0.306 e. The Morgan fingerprint density at radius 1 is 1.23 bits per heavy atom. The third-order valence-electron chi connectivity index (χ3n) is 3.88. The number of halogens is 3. The number of hydrogen-bond acceptors (Lipinski definition) is 3. The Kier molecular flexibility index (Phi) is 5.70. The summed E-state index contributed by atoms with van der Waals surface area (Å²) in [5.41, 5.74) is 1.62. The Hall–Kier alpha value is -1.83. The number of nitrogens with one attached hydrogen (secondary N) is 1. The number of benzene rings is 1. The van der Waals surface area contributed by atoms with Crippen molar-refractivity contribution in [3.8, 4) is 0 Å². The molecule has 0 aliphatic rings. The summed E-state index contributed by atoms with van der Waals surface area (Å²) in [5.74, 6) is 0.191. The zero-order chi connectivity index (χ0) is 18.8. The molecule has 136 valence electrons. The van der Waals surface area contributed by atoms with Crippen molar-refractivity contribution < 1.29 is 4.79 Å². The van der Waals surface area contributed by atoms with Crippen LogP contribution >= 0.6 is 39.1 Å². The molecule has 1 atom stereocenters. The van der Waals surface area contributed by atoms with E-state index in [0.29, 0.717) is 32.6 Å². The molecule has 3 rings (SSSR count). The molecule has 2 heterocycles. The highest BCUT2D eigenvalue weighted by atomic mass is 79.9. The van der Waals surface area contributed by atoms with Crippen LogP contribution in [0.15, 0.2) is 41.1 Å². The van der Waals surface area contributed by atoms with Gasteiger partial charge in [0.25, 0.3) is 0 Å². The summed E-state index contributed by atoms with van der Waals surface area (Å²) in [6, 6.07) is 7.03. The number of amides is 1. The number of nitrogens with zero attached hydrogens (tertiary/aromatic N) is 4.